The molecule has 1 nitrogen and oxygen atoms in total. The van der Waals surface area contributed by atoms with E-state index in [-0.39, 0.29) is 0 Å². The van der Waals surface area contributed by atoms with Crippen LogP contribution in [0.3, 0.4) is 0 Å². The molecule has 1 heteroatoms. The molecule has 62 valence electrons. The molecule has 0 unspecified atom stereocenters. The molecule has 0 spiro atoms. The molecule has 1 N–H and O–H groups in total. The molecule has 1 rings (SSSR count). The lowest BCUT2D eigenvalue weighted by molar-refractivity contribution is 0.292. The van der Waals surface area contributed by atoms with Gasteiger partial charge in [0.1, 0.15) is 0 Å². The second-order valence-electron chi connectivity index (χ2n) is 3.15. The van der Waals surface area contributed by atoms with E-state index in [0.717, 1.165) is 11.8 Å². The van der Waals surface area contributed by atoms with E-state index in [1.807, 2.05) is 13.8 Å². The molecular weight excluding hydrogens is 122 g/mol. The molecule has 0 aliphatic carbocycles. The molecule has 1 aliphatic rings. The van der Waals surface area contributed by atoms with Crippen molar-refractivity contribution in [3.8, 4) is 0 Å². The van der Waals surface area contributed by atoms with Crippen LogP contribution in [0.4, 0.5) is 0 Å². The Hall–Kier alpha value is -0.0400. The first-order chi connectivity index (χ1) is 4.79. The zero-order chi connectivity index (χ0) is 7.98. The van der Waals surface area contributed by atoms with Gasteiger partial charge in [-0.2, -0.15) is 0 Å². The monoisotopic (exact) mass is 143 g/mol. The van der Waals surface area contributed by atoms with Gasteiger partial charge >= 0.3 is 0 Å². The molecule has 1 aliphatic heterocycles. The van der Waals surface area contributed by atoms with E-state index in [1.165, 1.54) is 19.5 Å². The number of rotatable bonds is 2. The van der Waals surface area contributed by atoms with Crippen LogP contribution in [0.1, 0.15) is 34.1 Å². The number of hydrogen-bond donors (Lipinski definition) is 1. The first-order valence-electron chi connectivity index (χ1n) is 4.49. The number of nitrogens with one attached hydrogen (secondary N) is 1. The standard InChI is InChI=1S/C7H15N.C2H6/c1-6(2)3-7-4-8-5-7;1-2/h6-8H,3-5H2,1-2H3;1-2H3. The summed E-state index contributed by atoms with van der Waals surface area (Å²) in [4.78, 5) is 0. The summed E-state index contributed by atoms with van der Waals surface area (Å²) in [6.45, 7) is 11.1. The summed E-state index contributed by atoms with van der Waals surface area (Å²) in [6.07, 6.45) is 1.41. The number of hydrogen-bond acceptors (Lipinski definition) is 1. The van der Waals surface area contributed by atoms with Gasteiger partial charge < -0.3 is 5.32 Å². The fourth-order valence-electron chi connectivity index (χ4n) is 1.18. The molecule has 1 saturated heterocycles. The zero-order valence-electron chi connectivity index (χ0n) is 7.78. The molecule has 1 fully saturated rings. The highest BCUT2D eigenvalue weighted by Crippen LogP contribution is 2.14. The maximum atomic E-state index is 3.27. The van der Waals surface area contributed by atoms with Gasteiger partial charge in [0.25, 0.3) is 0 Å². The summed E-state index contributed by atoms with van der Waals surface area (Å²) in [5, 5.41) is 3.27. The molecule has 1 heterocycles. The van der Waals surface area contributed by atoms with E-state index in [2.05, 4.69) is 19.2 Å². The van der Waals surface area contributed by atoms with Gasteiger partial charge in [0.2, 0.25) is 0 Å². The summed E-state index contributed by atoms with van der Waals surface area (Å²) >= 11 is 0. The minimum atomic E-state index is 0.891. The summed E-state index contributed by atoms with van der Waals surface area (Å²) in [5.41, 5.74) is 0. The normalized spacial score (nSPS) is 17.7. The van der Waals surface area contributed by atoms with Crippen LogP contribution in [0, 0.1) is 11.8 Å². The van der Waals surface area contributed by atoms with Crippen LogP contribution in [-0.2, 0) is 0 Å². The maximum absolute atomic E-state index is 3.27. The van der Waals surface area contributed by atoms with E-state index >= 15 is 0 Å². The van der Waals surface area contributed by atoms with Crippen LogP contribution in [0.15, 0.2) is 0 Å². The summed E-state index contributed by atoms with van der Waals surface area (Å²) in [7, 11) is 0. The van der Waals surface area contributed by atoms with Crippen molar-refractivity contribution in [1.82, 2.24) is 5.32 Å². The van der Waals surface area contributed by atoms with Crippen LogP contribution in [0.5, 0.6) is 0 Å². The molecule has 0 aromatic rings. The maximum Gasteiger partial charge on any atom is -0.000816 e. The Balaban J connectivity index is 0.000000371. The van der Waals surface area contributed by atoms with Gasteiger partial charge in [0, 0.05) is 0 Å². The van der Waals surface area contributed by atoms with Crippen LogP contribution in [0.2, 0.25) is 0 Å². The third-order valence-corrected chi connectivity index (χ3v) is 1.67. The summed E-state index contributed by atoms with van der Waals surface area (Å²) in [6, 6.07) is 0. The van der Waals surface area contributed by atoms with Crippen molar-refractivity contribution in [3.05, 3.63) is 0 Å². The molecule has 0 amide bonds. The Bertz CT molecular complexity index is 65.1. The van der Waals surface area contributed by atoms with Gasteiger partial charge in [-0.3, -0.25) is 0 Å². The summed E-state index contributed by atoms with van der Waals surface area (Å²) in [5.74, 6) is 1.89. The van der Waals surface area contributed by atoms with Gasteiger partial charge in [-0.25, -0.2) is 0 Å². The van der Waals surface area contributed by atoms with E-state index in [0.29, 0.717) is 0 Å². The molecule has 0 radical (unpaired) electrons. The van der Waals surface area contributed by atoms with Crippen LogP contribution >= 0.6 is 0 Å². The van der Waals surface area contributed by atoms with Gasteiger partial charge in [0.05, 0.1) is 0 Å². The second kappa shape index (κ2) is 5.72. The Kier molecular flexibility index (Phi) is 5.70. The third kappa shape index (κ3) is 3.89. The van der Waals surface area contributed by atoms with Crippen LogP contribution < -0.4 is 5.32 Å². The minimum absolute atomic E-state index is 0.891. The van der Waals surface area contributed by atoms with Crippen molar-refractivity contribution in [2.75, 3.05) is 13.1 Å². The lowest BCUT2D eigenvalue weighted by Crippen LogP contribution is -2.42. The summed E-state index contributed by atoms with van der Waals surface area (Å²) < 4.78 is 0. The largest absolute Gasteiger partial charge is 0.316 e. The van der Waals surface area contributed by atoms with Crippen molar-refractivity contribution in [3.63, 3.8) is 0 Å². The first kappa shape index (κ1) is 9.96. The van der Waals surface area contributed by atoms with Gasteiger partial charge in [0.15, 0.2) is 0 Å². The van der Waals surface area contributed by atoms with Crippen LogP contribution in [-0.4, -0.2) is 13.1 Å². The molecule has 0 bridgehead atoms. The minimum Gasteiger partial charge on any atom is -0.316 e. The average Bonchev–Trinajstić information content (AvgIpc) is 1.84. The highest BCUT2D eigenvalue weighted by atomic mass is 14.9. The topological polar surface area (TPSA) is 12.0 Å². The Labute approximate surface area is 65.2 Å². The Morgan fingerprint density at radius 1 is 1.30 bits per heavy atom. The van der Waals surface area contributed by atoms with Crippen molar-refractivity contribution in [1.29, 1.82) is 0 Å². The Morgan fingerprint density at radius 2 is 1.80 bits per heavy atom. The molecule has 0 aromatic heterocycles. The first-order valence-corrected chi connectivity index (χ1v) is 4.49. The van der Waals surface area contributed by atoms with Gasteiger partial charge in [-0.05, 0) is 31.3 Å². The third-order valence-electron chi connectivity index (χ3n) is 1.67. The van der Waals surface area contributed by atoms with Crippen molar-refractivity contribution in [2.45, 2.75) is 34.1 Å². The van der Waals surface area contributed by atoms with Gasteiger partial charge in [-0.1, -0.05) is 27.7 Å². The van der Waals surface area contributed by atoms with Crippen LogP contribution in [0.25, 0.3) is 0 Å². The predicted octanol–water partition coefficient (Wildman–Crippen LogP) is 2.28. The van der Waals surface area contributed by atoms with Crippen molar-refractivity contribution in [2.24, 2.45) is 11.8 Å². The van der Waals surface area contributed by atoms with Crippen molar-refractivity contribution < 1.29 is 0 Å². The molecule has 10 heavy (non-hydrogen) atoms. The zero-order valence-corrected chi connectivity index (χ0v) is 7.78. The van der Waals surface area contributed by atoms with E-state index in [4.69, 9.17) is 0 Å². The van der Waals surface area contributed by atoms with E-state index in [1.54, 1.807) is 0 Å². The fraction of sp³-hybridized carbons (Fsp3) is 1.00. The fourth-order valence-corrected chi connectivity index (χ4v) is 1.18. The smallest absolute Gasteiger partial charge is 0.000816 e. The molecular formula is C9H21N. The van der Waals surface area contributed by atoms with Gasteiger partial charge in [-0.15, -0.1) is 0 Å². The average molecular weight is 143 g/mol. The quantitative estimate of drug-likeness (QED) is 0.625. The van der Waals surface area contributed by atoms with E-state index in [9.17, 15) is 0 Å². The highest BCUT2D eigenvalue weighted by molar-refractivity contribution is 4.74. The highest BCUT2D eigenvalue weighted by Gasteiger charge is 2.16. The second-order valence-corrected chi connectivity index (χ2v) is 3.15. The molecule has 0 aromatic carbocycles. The van der Waals surface area contributed by atoms with Crippen molar-refractivity contribution >= 4 is 0 Å². The molecule has 0 saturated carbocycles. The lowest BCUT2D eigenvalue weighted by Gasteiger charge is -2.28. The predicted molar refractivity (Wildman–Crippen MR) is 47.2 cm³/mol. The van der Waals surface area contributed by atoms with E-state index < -0.39 is 0 Å². The Morgan fingerprint density at radius 3 is 1.90 bits per heavy atom. The molecule has 0 atom stereocenters. The lowest BCUT2D eigenvalue weighted by atomic mass is 9.93. The SMILES string of the molecule is CC.CC(C)CC1CNC1.